The Kier molecular flexibility index (Phi) is 4.89. The molecule has 1 unspecified atom stereocenters. The molecule has 1 atom stereocenters. The minimum atomic E-state index is -1.02. The van der Waals surface area contributed by atoms with Crippen LogP contribution in [-0.4, -0.2) is 11.9 Å². The van der Waals surface area contributed by atoms with Gasteiger partial charge in [-0.1, -0.05) is 36.8 Å². The minimum Gasteiger partial charge on any atom is -0.447 e. The predicted molar refractivity (Wildman–Crippen MR) is 87.6 cm³/mol. The molecule has 1 fully saturated rings. The Labute approximate surface area is 139 Å². The van der Waals surface area contributed by atoms with Crippen molar-refractivity contribution in [1.82, 2.24) is 0 Å². The number of nitrogens with one attached hydrogen (secondary N) is 1. The first-order valence-electron chi connectivity index (χ1n) is 7.95. The summed E-state index contributed by atoms with van der Waals surface area (Å²) in [5, 5.41) is 2.67. The number of amides is 1. The first-order chi connectivity index (χ1) is 11.6. The van der Waals surface area contributed by atoms with Gasteiger partial charge in [-0.25, -0.2) is 4.39 Å². The Morgan fingerprint density at radius 3 is 2.29 bits per heavy atom. The summed E-state index contributed by atoms with van der Waals surface area (Å²) in [4.78, 5) is 24.7. The largest absolute Gasteiger partial charge is 0.447 e. The normalized spacial score (nSPS) is 15.2. The van der Waals surface area contributed by atoms with Crippen LogP contribution in [0.3, 0.4) is 0 Å². The summed E-state index contributed by atoms with van der Waals surface area (Å²) >= 11 is 0. The Morgan fingerprint density at radius 1 is 1.04 bits per heavy atom. The highest BCUT2D eigenvalue weighted by molar-refractivity contribution is 5.96. The van der Waals surface area contributed by atoms with Gasteiger partial charge >= 0.3 is 5.97 Å². The van der Waals surface area contributed by atoms with Crippen LogP contribution in [-0.2, 0) is 14.3 Å². The van der Waals surface area contributed by atoms with Crippen molar-refractivity contribution in [2.24, 2.45) is 5.92 Å². The first-order valence-corrected chi connectivity index (χ1v) is 7.95. The highest BCUT2D eigenvalue weighted by atomic mass is 19.1. The quantitative estimate of drug-likeness (QED) is 0.849. The number of hydrogen-bond acceptors (Lipinski definition) is 3. The number of halogens is 1. The van der Waals surface area contributed by atoms with Crippen molar-refractivity contribution in [1.29, 1.82) is 0 Å². The molecule has 0 aromatic heterocycles. The predicted octanol–water partition coefficient (Wildman–Crippen LogP) is 3.85. The molecular formula is C19H18FNO3. The summed E-state index contributed by atoms with van der Waals surface area (Å²) in [5.41, 5.74) is 1.05. The Bertz CT molecular complexity index is 711. The lowest BCUT2D eigenvalue weighted by Crippen LogP contribution is -2.31. The molecule has 1 N–H and O–H groups in total. The van der Waals surface area contributed by atoms with E-state index in [9.17, 15) is 14.0 Å². The van der Waals surface area contributed by atoms with Crippen molar-refractivity contribution in [3.05, 3.63) is 66.0 Å². The molecule has 0 heterocycles. The summed E-state index contributed by atoms with van der Waals surface area (Å²) in [6.07, 6.45) is 1.60. The summed E-state index contributed by atoms with van der Waals surface area (Å²) < 4.78 is 18.4. The number of ether oxygens (including phenoxy) is 1. The molecule has 2 aromatic carbocycles. The van der Waals surface area contributed by atoms with Crippen LogP contribution in [0.1, 0.15) is 30.9 Å². The van der Waals surface area contributed by atoms with Gasteiger partial charge in [-0.15, -0.1) is 0 Å². The van der Waals surface area contributed by atoms with Crippen molar-refractivity contribution in [2.75, 3.05) is 5.32 Å². The smallest absolute Gasteiger partial charge is 0.310 e. The fraction of sp³-hybridized carbons (Fsp3) is 0.263. The van der Waals surface area contributed by atoms with E-state index in [2.05, 4.69) is 5.32 Å². The van der Waals surface area contributed by atoms with Gasteiger partial charge in [0.2, 0.25) is 6.10 Å². The molecule has 124 valence electrons. The zero-order valence-electron chi connectivity index (χ0n) is 13.1. The maximum absolute atomic E-state index is 13.0. The number of benzene rings is 2. The SMILES string of the molecule is O=C(OC(C(=O)Nc1ccc(F)cc1)c1ccccc1)C1CCC1. The molecule has 0 spiro atoms. The van der Waals surface area contributed by atoms with Crippen molar-refractivity contribution in [3.63, 3.8) is 0 Å². The number of carbonyl (C=O) groups is 2. The number of esters is 1. The van der Waals surface area contributed by atoms with Gasteiger partial charge in [0.25, 0.3) is 5.91 Å². The van der Waals surface area contributed by atoms with Gasteiger partial charge in [-0.2, -0.15) is 0 Å². The second kappa shape index (κ2) is 7.25. The zero-order valence-corrected chi connectivity index (χ0v) is 13.1. The third kappa shape index (κ3) is 3.79. The molecule has 24 heavy (non-hydrogen) atoms. The molecule has 1 saturated carbocycles. The Morgan fingerprint density at radius 2 is 1.71 bits per heavy atom. The average molecular weight is 327 g/mol. The Hall–Kier alpha value is -2.69. The van der Waals surface area contributed by atoms with Crippen molar-refractivity contribution in [2.45, 2.75) is 25.4 Å². The number of rotatable bonds is 5. The fourth-order valence-electron chi connectivity index (χ4n) is 2.50. The van der Waals surface area contributed by atoms with Crippen molar-refractivity contribution >= 4 is 17.6 Å². The first kappa shape index (κ1) is 16.2. The molecule has 1 amide bonds. The lowest BCUT2D eigenvalue weighted by atomic mass is 9.85. The molecule has 1 aliphatic carbocycles. The van der Waals surface area contributed by atoms with Crippen LogP contribution >= 0.6 is 0 Å². The van der Waals surface area contributed by atoms with Gasteiger partial charge in [-0.05, 0) is 37.1 Å². The van der Waals surface area contributed by atoms with Gasteiger partial charge in [0.15, 0.2) is 0 Å². The third-order valence-electron chi connectivity index (χ3n) is 4.12. The van der Waals surface area contributed by atoms with Crippen molar-refractivity contribution < 1.29 is 18.7 Å². The Balaban J connectivity index is 1.76. The van der Waals surface area contributed by atoms with Gasteiger partial charge < -0.3 is 10.1 Å². The molecule has 3 rings (SSSR count). The number of carbonyl (C=O) groups excluding carboxylic acids is 2. The highest BCUT2D eigenvalue weighted by Crippen LogP contribution is 2.30. The molecule has 0 aliphatic heterocycles. The van der Waals surface area contributed by atoms with E-state index in [1.165, 1.54) is 24.3 Å². The number of hydrogen-bond donors (Lipinski definition) is 1. The second-order valence-electron chi connectivity index (χ2n) is 5.85. The lowest BCUT2D eigenvalue weighted by Gasteiger charge is -2.26. The van der Waals surface area contributed by atoms with Crippen LogP contribution in [0, 0.1) is 11.7 Å². The van der Waals surface area contributed by atoms with E-state index in [-0.39, 0.29) is 17.7 Å². The molecule has 0 radical (unpaired) electrons. The summed E-state index contributed by atoms with van der Waals surface area (Å²) in [7, 11) is 0. The third-order valence-corrected chi connectivity index (χ3v) is 4.12. The summed E-state index contributed by atoms with van der Waals surface area (Å²) in [5.74, 6) is -1.30. The average Bonchev–Trinajstić information content (AvgIpc) is 2.54. The van der Waals surface area contributed by atoms with Crippen LogP contribution in [0.15, 0.2) is 54.6 Å². The maximum atomic E-state index is 13.0. The van der Waals surface area contributed by atoms with E-state index in [0.29, 0.717) is 11.3 Å². The minimum absolute atomic E-state index is 0.116. The molecule has 2 aromatic rings. The van der Waals surface area contributed by atoms with Crippen LogP contribution < -0.4 is 5.32 Å². The van der Waals surface area contributed by atoms with Gasteiger partial charge in [-0.3, -0.25) is 9.59 Å². The van der Waals surface area contributed by atoms with Gasteiger partial charge in [0, 0.05) is 11.3 Å². The van der Waals surface area contributed by atoms with E-state index < -0.39 is 12.0 Å². The van der Waals surface area contributed by atoms with E-state index in [4.69, 9.17) is 4.74 Å². The number of anilines is 1. The van der Waals surface area contributed by atoms with Crippen molar-refractivity contribution in [3.8, 4) is 0 Å². The summed E-state index contributed by atoms with van der Waals surface area (Å²) in [6, 6.07) is 14.3. The van der Waals surface area contributed by atoms with Crippen LogP contribution in [0.2, 0.25) is 0 Å². The molecule has 5 heteroatoms. The molecule has 0 saturated heterocycles. The highest BCUT2D eigenvalue weighted by Gasteiger charge is 2.32. The van der Waals surface area contributed by atoms with E-state index >= 15 is 0 Å². The molecule has 1 aliphatic rings. The van der Waals surface area contributed by atoms with Crippen LogP contribution in [0.25, 0.3) is 0 Å². The zero-order chi connectivity index (χ0) is 16.9. The van der Waals surface area contributed by atoms with Gasteiger partial charge in [0.1, 0.15) is 5.82 Å². The topological polar surface area (TPSA) is 55.4 Å². The van der Waals surface area contributed by atoms with Crippen LogP contribution in [0.5, 0.6) is 0 Å². The summed E-state index contributed by atoms with van der Waals surface area (Å²) in [6.45, 7) is 0. The molecular weight excluding hydrogens is 309 g/mol. The fourth-order valence-corrected chi connectivity index (χ4v) is 2.50. The standard InChI is InChI=1S/C19H18FNO3/c20-15-9-11-16(12-10-15)21-18(22)17(13-5-2-1-3-6-13)24-19(23)14-7-4-8-14/h1-3,5-6,9-12,14,17H,4,7-8H2,(H,21,22). The maximum Gasteiger partial charge on any atom is 0.310 e. The van der Waals surface area contributed by atoms with E-state index in [1.807, 2.05) is 6.07 Å². The van der Waals surface area contributed by atoms with E-state index in [0.717, 1.165) is 19.3 Å². The van der Waals surface area contributed by atoms with Crippen LogP contribution in [0.4, 0.5) is 10.1 Å². The van der Waals surface area contributed by atoms with Gasteiger partial charge in [0.05, 0.1) is 5.92 Å². The lowest BCUT2D eigenvalue weighted by molar-refractivity contribution is -0.161. The molecule has 0 bridgehead atoms. The molecule has 4 nitrogen and oxygen atoms in total. The van der Waals surface area contributed by atoms with E-state index in [1.54, 1.807) is 24.3 Å². The monoisotopic (exact) mass is 327 g/mol. The second-order valence-corrected chi connectivity index (χ2v) is 5.85.